The number of imide groups is 1. The highest BCUT2D eigenvalue weighted by Crippen LogP contribution is 2.41. The molecule has 0 radical (unpaired) electrons. The highest BCUT2D eigenvalue weighted by molar-refractivity contribution is 6.05. The average Bonchev–Trinajstić information content (AvgIpc) is 3.73. The van der Waals surface area contributed by atoms with Gasteiger partial charge in [0.15, 0.2) is 0 Å². The van der Waals surface area contributed by atoms with Crippen molar-refractivity contribution in [2.75, 3.05) is 19.0 Å². The predicted molar refractivity (Wildman–Crippen MR) is 157 cm³/mol. The first-order chi connectivity index (χ1) is 21.4. The van der Waals surface area contributed by atoms with Crippen LogP contribution in [0.4, 0.5) is 28.4 Å². The average molecular weight is 621 g/mol. The fourth-order valence-electron chi connectivity index (χ4n) is 5.39. The molecular weight excluding hydrogens is 589 g/mol. The van der Waals surface area contributed by atoms with E-state index in [0.29, 0.717) is 35.7 Å². The van der Waals surface area contributed by atoms with Crippen LogP contribution in [-0.4, -0.2) is 56.8 Å². The zero-order valence-electron chi connectivity index (χ0n) is 25.0. The number of benzene rings is 2. The van der Waals surface area contributed by atoms with E-state index in [0.717, 1.165) is 17.0 Å². The normalized spacial score (nSPS) is 17.5. The number of aromatic nitrogens is 3. The maximum Gasteiger partial charge on any atom is 0.416 e. The monoisotopic (exact) mass is 620 g/mol. The summed E-state index contributed by atoms with van der Waals surface area (Å²) in [6.45, 7) is 3.97. The first-order valence-electron chi connectivity index (χ1n) is 14.2. The van der Waals surface area contributed by atoms with Gasteiger partial charge in [-0.25, -0.2) is 24.2 Å². The zero-order chi connectivity index (χ0) is 32.5. The number of carbonyl (C=O) groups is 2. The molecule has 14 heteroatoms. The van der Waals surface area contributed by atoms with Gasteiger partial charge in [-0.1, -0.05) is 13.0 Å². The van der Waals surface area contributed by atoms with Crippen molar-refractivity contribution in [3.8, 4) is 11.8 Å². The van der Waals surface area contributed by atoms with Crippen LogP contribution < -0.4 is 10.2 Å². The van der Waals surface area contributed by atoms with E-state index in [1.807, 2.05) is 25.9 Å². The Morgan fingerprint density at radius 3 is 2.53 bits per heavy atom. The molecule has 2 aromatic carbocycles. The topological polar surface area (TPSA) is 124 Å². The molecule has 3 heterocycles. The minimum Gasteiger partial charge on any atom is -0.442 e. The predicted octanol–water partition coefficient (Wildman–Crippen LogP) is 6.05. The number of alkyl halides is 3. The second kappa shape index (κ2) is 12.4. The van der Waals surface area contributed by atoms with Crippen LogP contribution in [0.15, 0.2) is 71.4 Å². The fourth-order valence-corrected chi connectivity index (χ4v) is 5.39. The number of oxazole rings is 1. The number of urea groups is 2. The smallest absolute Gasteiger partial charge is 0.416 e. The van der Waals surface area contributed by atoms with Crippen LogP contribution in [0.1, 0.15) is 60.8 Å². The van der Waals surface area contributed by atoms with Gasteiger partial charge >= 0.3 is 18.2 Å². The number of rotatable bonds is 8. The summed E-state index contributed by atoms with van der Waals surface area (Å²) in [5.74, 6) is 0.852. The number of nitriles is 1. The third-order valence-corrected chi connectivity index (χ3v) is 7.49. The van der Waals surface area contributed by atoms with Crippen molar-refractivity contribution in [2.24, 2.45) is 0 Å². The van der Waals surface area contributed by atoms with Crippen LogP contribution in [0.3, 0.4) is 0 Å². The zero-order valence-corrected chi connectivity index (χ0v) is 25.0. The van der Waals surface area contributed by atoms with Crippen molar-refractivity contribution in [2.45, 2.75) is 51.1 Å². The highest BCUT2D eigenvalue weighted by atomic mass is 19.4. The van der Waals surface area contributed by atoms with Gasteiger partial charge in [0, 0.05) is 11.9 Å². The Bertz CT molecular complexity index is 1720. The van der Waals surface area contributed by atoms with Gasteiger partial charge in [0.1, 0.15) is 17.8 Å². The molecule has 234 valence electrons. The SMILES string of the molecule is CC[C@H](NC(=O)N1C(=O)N(c2cccc(C(F)(F)F)c2)C(C)C1c1ccnn1-c1ccc(C#N)cc1)c1ncc(CN(C)C)o1. The Morgan fingerprint density at radius 1 is 1.16 bits per heavy atom. The minimum atomic E-state index is -4.64. The molecule has 0 saturated carbocycles. The molecule has 0 aliphatic carbocycles. The quantitative estimate of drug-likeness (QED) is 0.255. The van der Waals surface area contributed by atoms with E-state index in [1.165, 1.54) is 27.9 Å². The Balaban J connectivity index is 1.55. The standard InChI is InChI=1S/C31H31F3N8O3/c1-5-25(28-36-17-24(45-28)18-39(3)4)38-29(43)41-27(26-13-14-37-42(26)22-11-9-20(16-35)10-12-22)19(2)40(30(41)44)23-8-6-7-21(15-23)31(32,33)34/h6-15,17,19,25,27H,5,18H2,1-4H3,(H,38,43)/t19?,25-,27?/m0/s1. The third kappa shape index (κ3) is 6.25. The van der Waals surface area contributed by atoms with E-state index in [-0.39, 0.29) is 11.6 Å². The molecule has 1 fully saturated rings. The van der Waals surface area contributed by atoms with Crippen molar-refractivity contribution >= 4 is 17.7 Å². The van der Waals surface area contributed by atoms with Crippen molar-refractivity contribution < 1.29 is 27.2 Å². The van der Waals surface area contributed by atoms with Crippen LogP contribution >= 0.6 is 0 Å². The van der Waals surface area contributed by atoms with Gasteiger partial charge < -0.3 is 14.6 Å². The van der Waals surface area contributed by atoms with E-state index in [4.69, 9.17) is 4.42 Å². The number of halogens is 3. The number of nitrogens with zero attached hydrogens (tertiary/aromatic N) is 7. The van der Waals surface area contributed by atoms with E-state index in [2.05, 4.69) is 21.5 Å². The summed E-state index contributed by atoms with van der Waals surface area (Å²) < 4.78 is 48.3. The van der Waals surface area contributed by atoms with Gasteiger partial charge in [-0.05, 0) is 76.0 Å². The lowest BCUT2D eigenvalue weighted by molar-refractivity contribution is -0.137. The van der Waals surface area contributed by atoms with Gasteiger partial charge in [-0.2, -0.15) is 23.5 Å². The maximum absolute atomic E-state index is 14.1. The summed E-state index contributed by atoms with van der Waals surface area (Å²) in [6, 6.07) is 10.6. The molecule has 1 aliphatic heterocycles. The lowest BCUT2D eigenvalue weighted by Crippen LogP contribution is -2.45. The molecule has 45 heavy (non-hydrogen) atoms. The molecule has 0 bridgehead atoms. The van der Waals surface area contributed by atoms with Gasteiger partial charge in [-0.15, -0.1) is 0 Å². The van der Waals surface area contributed by atoms with E-state index < -0.39 is 41.9 Å². The molecule has 2 aromatic heterocycles. The van der Waals surface area contributed by atoms with Gasteiger partial charge in [-0.3, -0.25) is 4.90 Å². The number of carbonyl (C=O) groups excluding carboxylic acids is 2. The maximum atomic E-state index is 14.1. The first-order valence-corrected chi connectivity index (χ1v) is 14.2. The van der Waals surface area contributed by atoms with Crippen LogP contribution in [0, 0.1) is 11.3 Å². The molecule has 2 unspecified atom stereocenters. The number of hydrogen-bond acceptors (Lipinski definition) is 7. The molecule has 1 aliphatic rings. The Hall–Kier alpha value is -5.16. The van der Waals surface area contributed by atoms with Crippen LogP contribution in [0.2, 0.25) is 0 Å². The summed E-state index contributed by atoms with van der Waals surface area (Å²) in [5, 5.41) is 16.5. The second-order valence-corrected chi connectivity index (χ2v) is 10.9. The summed E-state index contributed by atoms with van der Waals surface area (Å²) in [4.78, 5) is 36.5. The molecule has 4 aromatic rings. The van der Waals surface area contributed by atoms with E-state index in [9.17, 15) is 28.0 Å². The number of nitrogens with one attached hydrogen (secondary N) is 1. The minimum absolute atomic E-state index is 0.0138. The first kappa shape index (κ1) is 31.3. The summed E-state index contributed by atoms with van der Waals surface area (Å²) in [6.07, 6.45) is -1.18. The summed E-state index contributed by atoms with van der Waals surface area (Å²) in [5.41, 5.74) is 0.485. The van der Waals surface area contributed by atoms with Crippen molar-refractivity contribution in [3.05, 3.63) is 95.5 Å². The molecular formula is C31H31F3N8O3. The lowest BCUT2D eigenvalue weighted by atomic mass is 10.0. The van der Waals surface area contributed by atoms with Crippen LogP contribution in [0.25, 0.3) is 5.69 Å². The Labute approximate surface area is 257 Å². The molecule has 1 saturated heterocycles. The summed E-state index contributed by atoms with van der Waals surface area (Å²) >= 11 is 0. The number of hydrogen-bond donors (Lipinski definition) is 1. The lowest BCUT2D eigenvalue weighted by Gasteiger charge is -2.26. The van der Waals surface area contributed by atoms with Gasteiger partial charge in [0.25, 0.3) is 0 Å². The van der Waals surface area contributed by atoms with Crippen molar-refractivity contribution in [3.63, 3.8) is 0 Å². The van der Waals surface area contributed by atoms with Crippen LogP contribution in [0.5, 0.6) is 0 Å². The molecule has 1 N–H and O–H groups in total. The fraction of sp³-hybridized carbons (Fsp3) is 0.323. The van der Waals surface area contributed by atoms with Crippen LogP contribution in [-0.2, 0) is 12.7 Å². The molecule has 4 amide bonds. The summed E-state index contributed by atoms with van der Waals surface area (Å²) in [7, 11) is 3.75. The largest absolute Gasteiger partial charge is 0.442 e. The van der Waals surface area contributed by atoms with Gasteiger partial charge in [0.05, 0.1) is 47.4 Å². The third-order valence-electron chi connectivity index (χ3n) is 7.49. The van der Waals surface area contributed by atoms with E-state index >= 15 is 0 Å². The van der Waals surface area contributed by atoms with Crippen molar-refractivity contribution in [1.82, 2.24) is 29.9 Å². The highest BCUT2D eigenvalue weighted by Gasteiger charge is 2.50. The molecule has 0 spiro atoms. The molecule has 5 rings (SSSR count). The second-order valence-electron chi connectivity index (χ2n) is 10.9. The number of amides is 4. The molecule has 3 atom stereocenters. The number of anilines is 1. The van der Waals surface area contributed by atoms with Gasteiger partial charge in [0.2, 0.25) is 5.89 Å². The van der Waals surface area contributed by atoms with Crippen molar-refractivity contribution in [1.29, 1.82) is 5.26 Å². The Morgan fingerprint density at radius 2 is 1.89 bits per heavy atom. The Kier molecular flexibility index (Phi) is 8.65. The van der Waals surface area contributed by atoms with E-state index in [1.54, 1.807) is 43.5 Å². The molecule has 11 nitrogen and oxygen atoms in total.